The number of nitrogens with two attached hydrogens (primary N) is 1. The number of hydrogen-bond acceptors (Lipinski definition) is 3. The van der Waals surface area contributed by atoms with E-state index < -0.39 is 0 Å². The predicted molar refractivity (Wildman–Crippen MR) is 78.0 cm³/mol. The molecule has 0 fully saturated rings. The van der Waals surface area contributed by atoms with Gasteiger partial charge in [0.1, 0.15) is 5.75 Å². The third-order valence-electron chi connectivity index (χ3n) is 3.46. The highest BCUT2D eigenvalue weighted by atomic mass is 35.5. The van der Waals surface area contributed by atoms with Gasteiger partial charge in [-0.15, -0.1) is 0 Å². The Labute approximate surface area is 120 Å². The highest BCUT2D eigenvalue weighted by Gasteiger charge is 2.19. The van der Waals surface area contributed by atoms with E-state index in [1.165, 1.54) is 5.56 Å². The summed E-state index contributed by atoms with van der Waals surface area (Å²) in [7, 11) is 1.72. The Morgan fingerprint density at radius 3 is 3.00 bits per heavy atom. The molecule has 0 saturated carbocycles. The zero-order valence-electron chi connectivity index (χ0n) is 11.6. The molecule has 4 heteroatoms. The van der Waals surface area contributed by atoms with Crippen molar-refractivity contribution in [1.82, 2.24) is 0 Å². The summed E-state index contributed by atoms with van der Waals surface area (Å²) < 4.78 is 10.8. The molecule has 106 valence electrons. The fraction of sp³-hybridized carbons (Fsp3) is 0.600. The van der Waals surface area contributed by atoms with Crippen LogP contribution in [-0.4, -0.2) is 26.4 Å². The van der Waals surface area contributed by atoms with Crippen LogP contribution in [0.4, 0.5) is 0 Å². The fourth-order valence-corrected chi connectivity index (χ4v) is 3.00. The lowest BCUT2D eigenvalue weighted by Crippen LogP contribution is -2.26. The smallest absolute Gasteiger partial charge is 0.125 e. The second-order valence-corrected chi connectivity index (χ2v) is 5.85. The molecule has 2 atom stereocenters. The van der Waals surface area contributed by atoms with E-state index in [2.05, 4.69) is 6.92 Å². The van der Waals surface area contributed by atoms with Gasteiger partial charge in [0, 0.05) is 31.2 Å². The molecule has 2 unspecified atom stereocenters. The molecular formula is C15H22ClNO2. The molecule has 1 aliphatic rings. The van der Waals surface area contributed by atoms with Gasteiger partial charge in [0.15, 0.2) is 0 Å². The highest BCUT2D eigenvalue weighted by Crippen LogP contribution is 2.33. The minimum absolute atomic E-state index is 0.108. The summed E-state index contributed by atoms with van der Waals surface area (Å²) in [6.07, 6.45) is 2.68. The average molecular weight is 284 g/mol. The Bertz CT molecular complexity index is 436. The van der Waals surface area contributed by atoms with Crippen LogP contribution in [0.5, 0.6) is 5.75 Å². The summed E-state index contributed by atoms with van der Waals surface area (Å²) in [4.78, 5) is 0. The van der Waals surface area contributed by atoms with E-state index in [0.717, 1.165) is 48.8 Å². The normalized spacial score (nSPS) is 16.8. The van der Waals surface area contributed by atoms with E-state index in [4.69, 9.17) is 26.8 Å². The summed E-state index contributed by atoms with van der Waals surface area (Å²) in [6.45, 7) is 3.65. The first-order valence-corrected chi connectivity index (χ1v) is 7.16. The Balaban J connectivity index is 2.03. The SMILES string of the molecule is COCC(C)CC(N)Cc1cc(Cl)cc2c1OCC2. The lowest BCUT2D eigenvalue weighted by atomic mass is 9.96. The van der Waals surface area contributed by atoms with Gasteiger partial charge in [-0.05, 0) is 42.0 Å². The van der Waals surface area contributed by atoms with Crippen molar-refractivity contribution in [1.29, 1.82) is 0 Å². The summed E-state index contributed by atoms with van der Waals surface area (Å²) in [5, 5.41) is 0.774. The number of fused-ring (bicyclic) bond motifs is 1. The molecule has 0 amide bonds. The summed E-state index contributed by atoms with van der Waals surface area (Å²) in [5.41, 5.74) is 8.57. The van der Waals surface area contributed by atoms with Crippen molar-refractivity contribution in [3.05, 3.63) is 28.3 Å². The largest absolute Gasteiger partial charge is 0.493 e. The van der Waals surface area contributed by atoms with Crippen molar-refractivity contribution >= 4 is 11.6 Å². The van der Waals surface area contributed by atoms with Crippen LogP contribution in [0.15, 0.2) is 12.1 Å². The van der Waals surface area contributed by atoms with E-state index in [-0.39, 0.29) is 6.04 Å². The molecule has 0 saturated heterocycles. The van der Waals surface area contributed by atoms with Gasteiger partial charge >= 0.3 is 0 Å². The van der Waals surface area contributed by atoms with Gasteiger partial charge in [-0.3, -0.25) is 0 Å². The van der Waals surface area contributed by atoms with E-state index in [0.29, 0.717) is 5.92 Å². The molecule has 1 heterocycles. The monoisotopic (exact) mass is 283 g/mol. The number of hydrogen-bond donors (Lipinski definition) is 1. The van der Waals surface area contributed by atoms with E-state index >= 15 is 0 Å². The number of halogens is 1. The summed E-state index contributed by atoms with van der Waals surface area (Å²) >= 11 is 6.15. The first-order valence-electron chi connectivity index (χ1n) is 6.78. The van der Waals surface area contributed by atoms with Crippen LogP contribution in [0.2, 0.25) is 5.02 Å². The van der Waals surface area contributed by atoms with Crippen LogP contribution in [-0.2, 0) is 17.6 Å². The highest BCUT2D eigenvalue weighted by molar-refractivity contribution is 6.30. The van der Waals surface area contributed by atoms with Crippen molar-refractivity contribution in [3.8, 4) is 5.75 Å². The predicted octanol–water partition coefficient (Wildman–Crippen LogP) is 2.82. The van der Waals surface area contributed by atoms with Crippen molar-refractivity contribution in [2.45, 2.75) is 32.2 Å². The van der Waals surface area contributed by atoms with Crippen molar-refractivity contribution < 1.29 is 9.47 Å². The maximum absolute atomic E-state index is 6.23. The molecule has 1 aliphatic heterocycles. The molecule has 0 aromatic heterocycles. The minimum Gasteiger partial charge on any atom is -0.493 e. The molecule has 0 bridgehead atoms. The minimum atomic E-state index is 0.108. The molecule has 1 aromatic carbocycles. The second-order valence-electron chi connectivity index (χ2n) is 5.41. The summed E-state index contributed by atoms with van der Waals surface area (Å²) in [5.74, 6) is 1.47. The van der Waals surface area contributed by atoms with Crippen LogP contribution in [0, 0.1) is 5.92 Å². The maximum Gasteiger partial charge on any atom is 0.125 e. The van der Waals surface area contributed by atoms with Gasteiger partial charge in [-0.2, -0.15) is 0 Å². The first-order chi connectivity index (χ1) is 9.10. The van der Waals surface area contributed by atoms with Gasteiger partial charge in [-0.25, -0.2) is 0 Å². The van der Waals surface area contributed by atoms with Crippen LogP contribution >= 0.6 is 11.6 Å². The zero-order chi connectivity index (χ0) is 13.8. The third kappa shape index (κ3) is 3.85. The molecule has 0 aliphatic carbocycles. The maximum atomic E-state index is 6.23. The van der Waals surface area contributed by atoms with Gasteiger partial charge in [0.2, 0.25) is 0 Å². The molecule has 1 aromatic rings. The van der Waals surface area contributed by atoms with Gasteiger partial charge in [0.05, 0.1) is 6.61 Å². The van der Waals surface area contributed by atoms with Gasteiger partial charge in [-0.1, -0.05) is 18.5 Å². The fourth-order valence-electron chi connectivity index (χ4n) is 2.73. The Morgan fingerprint density at radius 2 is 2.26 bits per heavy atom. The molecule has 2 N–H and O–H groups in total. The topological polar surface area (TPSA) is 44.5 Å². The number of methoxy groups -OCH3 is 1. The standard InChI is InChI=1S/C15H22ClNO2/c1-10(9-18-2)5-14(17)8-12-7-13(16)6-11-3-4-19-15(11)12/h6-7,10,14H,3-5,8-9,17H2,1-2H3. The molecule has 0 radical (unpaired) electrons. The Morgan fingerprint density at radius 1 is 1.47 bits per heavy atom. The Kier molecular flexibility index (Phi) is 5.08. The van der Waals surface area contributed by atoms with Crippen molar-refractivity contribution in [3.63, 3.8) is 0 Å². The number of rotatable bonds is 6. The lowest BCUT2D eigenvalue weighted by molar-refractivity contribution is 0.152. The number of ether oxygens (including phenoxy) is 2. The lowest BCUT2D eigenvalue weighted by Gasteiger charge is -2.18. The molecule has 2 rings (SSSR count). The molecule has 0 spiro atoms. The average Bonchev–Trinajstić information content (AvgIpc) is 2.76. The molecule has 3 nitrogen and oxygen atoms in total. The second kappa shape index (κ2) is 6.60. The van der Waals surface area contributed by atoms with Crippen molar-refractivity contribution in [2.24, 2.45) is 11.7 Å². The quantitative estimate of drug-likeness (QED) is 0.873. The van der Waals surface area contributed by atoms with E-state index in [1.807, 2.05) is 12.1 Å². The van der Waals surface area contributed by atoms with E-state index in [1.54, 1.807) is 7.11 Å². The van der Waals surface area contributed by atoms with Crippen LogP contribution in [0.25, 0.3) is 0 Å². The first kappa shape index (κ1) is 14.6. The molecule has 19 heavy (non-hydrogen) atoms. The number of benzene rings is 1. The summed E-state index contributed by atoms with van der Waals surface area (Å²) in [6, 6.07) is 4.08. The van der Waals surface area contributed by atoms with Crippen LogP contribution in [0.1, 0.15) is 24.5 Å². The van der Waals surface area contributed by atoms with Crippen molar-refractivity contribution in [2.75, 3.05) is 20.3 Å². The van der Waals surface area contributed by atoms with Gasteiger partial charge in [0.25, 0.3) is 0 Å². The van der Waals surface area contributed by atoms with Crippen LogP contribution < -0.4 is 10.5 Å². The zero-order valence-corrected chi connectivity index (χ0v) is 12.4. The van der Waals surface area contributed by atoms with E-state index in [9.17, 15) is 0 Å². The Hall–Kier alpha value is -0.770. The van der Waals surface area contributed by atoms with Crippen LogP contribution in [0.3, 0.4) is 0 Å². The third-order valence-corrected chi connectivity index (χ3v) is 3.68. The van der Waals surface area contributed by atoms with Gasteiger partial charge < -0.3 is 15.2 Å². The molecular weight excluding hydrogens is 262 g/mol.